The lowest BCUT2D eigenvalue weighted by molar-refractivity contribution is -0.130. The minimum Gasteiger partial charge on any atom is -0.339 e. The predicted molar refractivity (Wildman–Crippen MR) is 95.5 cm³/mol. The number of halogens is 1. The van der Waals surface area contributed by atoms with E-state index in [-0.39, 0.29) is 17.7 Å². The number of anilines is 1. The third kappa shape index (κ3) is 3.45. The minimum absolute atomic E-state index is 0.0223. The molecule has 0 saturated carbocycles. The van der Waals surface area contributed by atoms with E-state index >= 15 is 0 Å². The van der Waals surface area contributed by atoms with Crippen LogP contribution in [0, 0.1) is 5.92 Å². The molecule has 3 rings (SSSR count). The van der Waals surface area contributed by atoms with E-state index < -0.39 is 0 Å². The molecule has 1 aromatic carbocycles. The highest BCUT2D eigenvalue weighted by Crippen LogP contribution is 2.31. The van der Waals surface area contributed by atoms with Crippen molar-refractivity contribution in [3.63, 3.8) is 0 Å². The number of likely N-dealkylation sites (tertiary alicyclic amines) is 1. The first kappa shape index (κ1) is 16.1. The second-order valence-corrected chi connectivity index (χ2v) is 7.28. The normalized spacial score (nSPS) is 15.6. The first-order chi connectivity index (χ1) is 11.1. The van der Waals surface area contributed by atoms with E-state index in [1.54, 1.807) is 4.90 Å². The summed E-state index contributed by atoms with van der Waals surface area (Å²) in [6.07, 6.45) is 2.65. The number of thiazole rings is 1. The van der Waals surface area contributed by atoms with Gasteiger partial charge in [-0.05, 0) is 47.0 Å². The summed E-state index contributed by atoms with van der Waals surface area (Å²) in [5.41, 5.74) is 0.860. The van der Waals surface area contributed by atoms with Gasteiger partial charge in [0, 0.05) is 23.5 Å². The molecule has 0 unspecified atom stereocenters. The Balaban J connectivity index is 1.64. The highest BCUT2D eigenvalue weighted by atomic mass is 79.9. The second-order valence-electron chi connectivity index (χ2n) is 5.40. The van der Waals surface area contributed by atoms with E-state index in [9.17, 15) is 9.59 Å². The molecule has 1 aliphatic rings. The Kier molecular flexibility index (Phi) is 4.77. The summed E-state index contributed by atoms with van der Waals surface area (Å²) >= 11 is 4.93. The molecule has 1 fully saturated rings. The van der Waals surface area contributed by atoms with Crippen LogP contribution in [-0.2, 0) is 9.59 Å². The molecule has 23 heavy (non-hydrogen) atoms. The Morgan fingerprint density at radius 3 is 2.78 bits per heavy atom. The van der Waals surface area contributed by atoms with Gasteiger partial charge in [0.1, 0.15) is 0 Å². The molecular formula is C16H16BrN3O2S. The third-order valence-corrected chi connectivity index (χ3v) is 5.53. The lowest BCUT2D eigenvalue weighted by Crippen LogP contribution is -2.40. The van der Waals surface area contributed by atoms with Crippen LogP contribution in [-0.4, -0.2) is 34.8 Å². The van der Waals surface area contributed by atoms with E-state index in [1.807, 2.05) is 18.2 Å². The third-order valence-electron chi connectivity index (χ3n) is 3.95. The first-order valence-electron chi connectivity index (χ1n) is 7.35. The number of benzene rings is 1. The molecule has 0 radical (unpaired) electrons. The number of carbonyl (C=O) groups excluding carboxylic acids is 2. The number of nitrogens with zero attached hydrogens (tertiary/aromatic N) is 2. The summed E-state index contributed by atoms with van der Waals surface area (Å²) in [6, 6.07) is 5.86. The Morgan fingerprint density at radius 1 is 1.39 bits per heavy atom. The van der Waals surface area contributed by atoms with Crippen LogP contribution in [0.5, 0.6) is 0 Å². The minimum atomic E-state index is -0.0840. The molecule has 5 nitrogen and oxygen atoms in total. The number of piperidine rings is 1. The molecular weight excluding hydrogens is 378 g/mol. The molecule has 120 valence electrons. The average molecular weight is 394 g/mol. The molecule has 0 aliphatic carbocycles. The van der Waals surface area contributed by atoms with E-state index in [0.717, 1.165) is 14.7 Å². The standard InChI is InChI=1S/C16H16BrN3O2S/c1-2-13(21)20-8-6-10(7-9-20)15(22)19-16-18-14-11(17)4-3-5-12(14)23-16/h2-5,10H,1,6-9H2,(H,18,19,22). The van der Waals surface area contributed by atoms with Gasteiger partial charge in [0.05, 0.1) is 10.2 Å². The van der Waals surface area contributed by atoms with Crippen LogP contribution in [0.3, 0.4) is 0 Å². The number of aromatic nitrogens is 1. The average Bonchev–Trinajstić information content (AvgIpc) is 2.98. The van der Waals surface area contributed by atoms with Gasteiger partial charge in [0.25, 0.3) is 0 Å². The maximum Gasteiger partial charge on any atom is 0.245 e. The Labute approximate surface area is 146 Å². The molecule has 1 aromatic heterocycles. The quantitative estimate of drug-likeness (QED) is 0.812. The SMILES string of the molecule is C=CC(=O)N1CCC(C(=O)Nc2nc3c(Br)cccc3s2)CC1. The number of fused-ring (bicyclic) bond motifs is 1. The van der Waals surface area contributed by atoms with Crippen molar-refractivity contribution in [2.45, 2.75) is 12.8 Å². The van der Waals surface area contributed by atoms with E-state index in [2.05, 4.69) is 32.8 Å². The van der Waals surface area contributed by atoms with Crippen LogP contribution in [0.2, 0.25) is 0 Å². The summed E-state index contributed by atoms with van der Waals surface area (Å²) < 4.78 is 1.95. The summed E-state index contributed by atoms with van der Waals surface area (Å²) in [5.74, 6) is -0.176. The molecule has 0 atom stereocenters. The van der Waals surface area contributed by atoms with Crippen LogP contribution in [0.25, 0.3) is 10.2 Å². The molecule has 2 aromatic rings. The van der Waals surface area contributed by atoms with Crippen LogP contribution < -0.4 is 5.32 Å². The molecule has 1 saturated heterocycles. The summed E-state index contributed by atoms with van der Waals surface area (Å²) in [4.78, 5) is 30.1. The van der Waals surface area contributed by atoms with Crippen molar-refractivity contribution in [3.8, 4) is 0 Å². The number of amides is 2. The first-order valence-corrected chi connectivity index (χ1v) is 8.96. The number of hydrogen-bond acceptors (Lipinski definition) is 4. The van der Waals surface area contributed by atoms with Crippen molar-refractivity contribution < 1.29 is 9.59 Å². The van der Waals surface area contributed by atoms with E-state index in [1.165, 1.54) is 17.4 Å². The van der Waals surface area contributed by atoms with Gasteiger partial charge in [-0.1, -0.05) is 24.0 Å². The summed E-state index contributed by atoms with van der Waals surface area (Å²) in [6.45, 7) is 4.68. The Morgan fingerprint density at radius 2 is 2.13 bits per heavy atom. The van der Waals surface area contributed by atoms with E-state index in [0.29, 0.717) is 31.1 Å². The van der Waals surface area contributed by atoms with Crippen molar-refractivity contribution in [1.29, 1.82) is 0 Å². The van der Waals surface area contributed by atoms with Gasteiger partial charge in [-0.15, -0.1) is 0 Å². The maximum absolute atomic E-state index is 12.4. The summed E-state index contributed by atoms with van der Waals surface area (Å²) in [7, 11) is 0. The number of rotatable bonds is 3. The van der Waals surface area contributed by atoms with Crippen molar-refractivity contribution in [2.24, 2.45) is 5.92 Å². The molecule has 1 aliphatic heterocycles. The predicted octanol–water partition coefficient (Wildman–Crippen LogP) is 3.42. The van der Waals surface area contributed by atoms with Gasteiger partial charge in [-0.3, -0.25) is 9.59 Å². The van der Waals surface area contributed by atoms with Gasteiger partial charge in [-0.25, -0.2) is 4.98 Å². The highest BCUT2D eigenvalue weighted by molar-refractivity contribution is 9.10. The van der Waals surface area contributed by atoms with E-state index in [4.69, 9.17) is 0 Å². The van der Waals surface area contributed by atoms with Gasteiger partial charge >= 0.3 is 0 Å². The fraction of sp³-hybridized carbons (Fsp3) is 0.312. The molecule has 2 amide bonds. The van der Waals surface area contributed by atoms with Crippen LogP contribution in [0.4, 0.5) is 5.13 Å². The largest absolute Gasteiger partial charge is 0.339 e. The second kappa shape index (κ2) is 6.80. The summed E-state index contributed by atoms with van der Waals surface area (Å²) in [5, 5.41) is 3.52. The van der Waals surface area contributed by atoms with Crippen LogP contribution in [0.15, 0.2) is 35.3 Å². The number of carbonyl (C=O) groups is 2. The smallest absolute Gasteiger partial charge is 0.245 e. The van der Waals surface area contributed by atoms with Crippen molar-refractivity contribution in [3.05, 3.63) is 35.3 Å². The van der Waals surface area contributed by atoms with Gasteiger partial charge < -0.3 is 10.2 Å². The maximum atomic E-state index is 12.4. The number of hydrogen-bond donors (Lipinski definition) is 1. The van der Waals surface area contributed by atoms with Gasteiger partial charge in [0.15, 0.2) is 5.13 Å². The Bertz CT molecular complexity index is 766. The lowest BCUT2D eigenvalue weighted by atomic mass is 9.96. The zero-order valence-electron chi connectivity index (χ0n) is 12.4. The van der Waals surface area contributed by atoms with Crippen molar-refractivity contribution >= 4 is 54.4 Å². The van der Waals surface area contributed by atoms with Crippen molar-refractivity contribution in [2.75, 3.05) is 18.4 Å². The fourth-order valence-electron chi connectivity index (χ4n) is 2.67. The fourth-order valence-corrected chi connectivity index (χ4v) is 4.15. The highest BCUT2D eigenvalue weighted by Gasteiger charge is 2.27. The zero-order chi connectivity index (χ0) is 16.4. The van der Waals surface area contributed by atoms with Gasteiger partial charge in [0.2, 0.25) is 11.8 Å². The van der Waals surface area contributed by atoms with Crippen LogP contribution in [0.1, 0.15) is 12.8 Å². The molecule has 0 bridgehead atoms. The number of nitrogens with one attached hydrogen (secondary N) is 1. The zero-order valence-corrected chi connectivity index (χ0v) is 14.8. The molecule has 7 heteroatoms. The lowest BCUT2D eigenvalue weighted by Gasteiger charge is -2.30. The van der Waals surface area contributed by atoms with Crippen molar-refractivity contribution in [1.82, 2.24) is 9.88 Å². The van der Waals surface area contributed by atoms with Gasteiger partial charge in [-0.2, -0.15) is 0 Å². The topological polar surface area (TPSA) is 62.3 Å². The van der Waals surface area contributed by atoms with Crippen LogP contribution >= 0.6 is 27.3 Å². The Hall–Kier alpha value is -1.73. The number of para-hydroxylation sites is 1. The molecule has 1 N–H and O–H groups in total. The molecule has 2 heterocycles. The monoisotopic (exact) mass is 393 g/mol. The molecule has 0 spiro atoms.